The highest BCUT2D eigenvalue weighted by molar-refractivity contribution is 6.30. The van der Waals surface area contributed by atoms with Crippen LogP contribution in [0.15, 0.2) is 59.6 Å². The second kappa shape index (κ2) is 5.60. The SMILES string of the molecule is NC(=Nc1ccc2cccc3c2c1CC3)Nc1ccc(Cl)cc1. The van der Waals surface area contributed by atoms with Crippen molar-refractivity contribution in [2.24, 2.45) is 10.7 Å². The van der Waals surface area contributed by atoms with Crippen molar-refractivity contribution in [2.75, 3.05) is 5.32 Å². The van der Waals surface area contributed by atoms with E-state index in [0.29, 0.717) is 11.0 Å². The maximum atomic E-state index is 6.07. The molecular weight excluding hydrogens is 306 g/mol. The monoisotopic (exact) mass is 321 g/mol. The number of nitrogens with zero attached hydrogens (tertiary/aromatic N) is 1. The van der Waals surface area contributed by atoms with Crippen molar-refractivity contribution in [1.29, 1.82) is 0 Å². The summed E-state index contributed by atoms with van der Waals surface area (Å²) in [7, 11) is 0. The van der Waals surface area contributed by atoms with E-state index in [2.05, 4.69) is 34.6 Å². The summed E-state index contributed by atoms with van der Waals surface area (Å²) >= 11 is 5.89. The molecule has 0 radical (unpaired) electrons. The molecule has 0 spiro atoms. The fourth-order valence-corrected chi connectivity index (χ4v) is 3.31. The molecule has 0 heterocycles. The van der Waals surface area contributed by atoms with Crippen molar-refractivity contribution < 1.29 is 0 Å². The molecule has 0 bridgehead atoms. The molecular formula is C19H16ClN3. The number of rotatable bonds is 2. The number of aryl methyl sites for hydroxylation is 2. The summed E-state index contributed by atoms with van der Waals surface area (Å²) in [6.45, 7) is 0. The van der Waals surface area contributed by atoms with Gasteiger partial charge in [0, 0.05) is 10.7 Å². The Morgan fingerprint density at radius 1 is 1.00 bits per heavy atom. The van der Waals surface area contributed by atoms with Gasteiger partial charge in [-0.25, -0.2) is 4.99 Å². The molecule has 4 rings (SSSR count). The lowest BCUT2D eigenvalue weighted by atomic mass is 10.0. The molecule has 0 saturated heterocycles. The third kappa shape index (κ3) is 2.64. The Morgan fingerprint density at radius 3 is 2.65 bits per heavy atom. The van der Waals surface area contributed by atoms with E-state index in [4.69, 9.17) is 17.3 Å². The number of halogens is 1. The molecule has 0 saturated carbocycles. The first kappa shape index (κ1) is 14.1. The maximum Gasteiger partial charge on any atom is 0.198 e. The Hall–Kier alpha value is -2.52. The topological polar surface area (TPSA) is 50.4 Å². The van der Waals surface area contributed by atoms with Crippen LogP contribution in [-0.4, -0.2) is 5.96 Å². The average molecular weight is 322 g/mol. The minimum Gasteiger partial charge on any atom is -0.369 e. The van der Waals surface area contributed by atoms with Crippen LogP contribution in [0.4, 0.5) is 11.4 Å². The Bertz CT molecular complexity index is 914. The summed E-state index contributed by atoms with van der Waals surface area (Å²) in [5.74, 6) is 0.382. The van der Waals surface area contributed by atoms with Crippen LogP contribution in [0, 0.1) is 0 Å². The molecule has 114 valence electrons. The lowest BCUT2D eigenvalue weighted by Gasteiger charge is -2.08. The van der Waals surface area contributed by atoms with Crippen LogP contribution in [0.1, 0.15) is 11.1 Å². The van der Waals surface area contributed by atoms with Gasteiger partial charge in [0.15, 0.2) is 5.96 Å². The fourth-order valence-electron chi connectivity index (χ4n) is 3.19. The van der Waals surface area contributed by atoms with Gasteiger partial charge in [-0.3, -0.25) is 0 Å². The summed E-state index contributed by atoms with van der Waals surface area (Å²) in [6.07, 6.45) is 2.09. The van der Waals surface area contributed by atoms with Crippen molar-refractivity contribution in [1.82, 2.24) is 0 Å². The van der Waals surface area contributed by atoms with Gasteiger partial charge in [-0.1, -0.05) is 35.9 Å². The minimum absolute atomic E-state index is 0.382. The zero-order valence-corrected chi connectivity index (χ0v) is 13.3. The first-order valence-electron chi connectivity index (χ1n) is 7.61. The predicted octanol–water partition coefficient (Wildman–Crippen LogP) is 4.65. The van der Waals surface area contributed by atoms with Crippen molar-refractivity contribution in [3.8, 4) is 0 Å². The van der Waals surface area contributed by atoms with E-state index < -0.39 is 0 Å². The first-order valence-corrected chi connectivity index (χ1v) is 7.99. The second-order valence-corrected chi connectivity index (χ2v) is 6.14. The number of hydrogen-bond acceptors (Lipinski definition) is 1. The van der Waals surface area contributed by atoms with E-state index in [-0.39, 0.29) is 0 Å². The van der Waals surface area contributed by atoms with E-state index in [0.717, 1.165) is 24.2 Å². The third-order valence-electron chi connectivity index (χ3n) is 4.22. The second-order valence-electron chi connectivity index (χ2n) is 5.71. The molecule has 0 unspecified atom stereocenters. The van der Waals surface area contributed by atoms with E-state index in [9.17, 15) is 0 Å². The van der Waals surface area contributed by atoms with E-state index in [1.807, 2.05) is 30.3 Å². The van der Waals surface area contributed by atoms with Crippen molar-refractivity contribution >= 4 is 39.7 Å². The summed E-state index contributed by atoms with van der Waals surface area (Å²) in [5, 5.41) is 6.42. The normalized spacial score (nSPS) is 13.5. The standard InChI is InChI=1S/C19H16ClN3/c20-14-6-8-15(9-7-14)22-19(21)23-17-11-5-13-3-1-2-12-4-10-16(17)18(12)13/h1-3,5-9,11H,4,10H2,(H3,21,22,23). The highest BCUT2D eigenvalue weighted by Gasteiger charge is 2.17. The summed E-state index contributed by atoms with van der Waals surface area (Å²) in [6, 6.07) is 18.0. The number of nitrogens with one attached hydrogen (secondary N) is 1. The zero-order chi connectivity index (χ0) is 15.8. The Balaban J connectivity index is 1.69. The number of guanidine groups is 1. The zero-order valence-electron chi connectivity index (χ0n) is 12.5. The van der Waals surface area contributed by atoms with Gasteiger partial charge in [0.2, 0.25) is 0 Å². The smallest absolute Gasteiger partial charge is 0.198 e. The fraction of sp³-hybridized carbons (Fsp3) is 0.105. The van der Waals surface area contributed by atoms with Gasteiger partial charge in [-0.15, -0.1) is 0 Å². The van der Waals surface area contributed by atoms with Gasteiger partial charge in [-0.2, -0.15) is 0 Å². The van der Waals surface area contributed by atoms with Gasteiger partial charge >= 0.3 is 0 Å². The molecule has 23 heavy (non-hydrogen) atoms. The number of anilines is 1. The summed E-state index contributed by atoms with van der Waals surface area (Å²) in [5.41, 5.74) is 10.6. The number of hydrogen-bond donors (Lipinski definition) is 2. The van der Waals surface area contributed by atoms with Crippen molar-refractivity contribution in [3.63, 3.8) is 0 Å². The molecule has 0 aromatic heterocycles. The highest BCUT2D eigenvalue weighted by atomic mass is 35.5. The molecule has 0 atom stereocenters. The van der Waals surface area contributed by atoms with Gasteiger partial charge in [0.05, 0.1) is 5.69 Å². The van der Waals surface area contributed by atoms with Crippen LogP contribution < -0.4 is 11.1 Å². The summed E-state index contributed by atoms with van der Waals surface area (Å²) in [4.78, 5) is 4.58. The van der Waals surface area contributed by atoms with Crippen molar-refractivity contribution in [3.05, 3.63) is 70.7 Å². The third-order valence-corrected chi connectivity index (χ3v) is 4.47. The molecule has 3 aromatic carbocycles. The summed E-state index contributed by atoms with van der Waals surface area (Å²) < 4.78 is 0. The Kier molecular flexibility index (Phi) is 3.43. The van der Waals surface area contributed by atoms with Gasteiger partial charge < -0.3 is 11.1 Å². The molecule has 4 heteroatoms. The van der Waals surface area contributed by atoms with Crippen LogP contribution in [0.25, 0.3) is 10.8 Å². The van der Waals surface area contributed by atoms with Crippen LogP contribution in [0.3, 0.4) is 0 Å². The van der Waals surface area contributed by atoms with Gasteiger partial charge in [0.25, 0.3) is 0 Å². The average Bonchev–Trinajstić information content (AvgIpc) is 2.98. The van der Waals surface area contributed by atoms with E-state index in [1.165, 1.54) is 21.9 Å². The molecule has 1 aliphatic rings. The van der Waals surface area contributed by atoms with Crippen molar-refractivity contribution in [2.45, 2.75) is 12.8 Å². The van der Waals surface area contributed by atoms with Gasteiger partial charge in [0.1, 0.15) is 0 Å². The lowest BCUT2D eigenvalue weighted by molar-refractivity contribution is 1.02. The molecule has 3 aromatic rings. The van der Waals surface area contributed by atoms with Crippen LogP contribution in [0.5, 0.6) is 0 Å². The largest absolute Gasteiger partial charge is 0.369 e. The molecule has 1 aliphatic carbocycles. The van der Waals surface area contributed by atoms with Crippen LogP contribution in [0.2, 0.25) is 5.02 Å². The van der Waals surface area contributed by atoms with Crippen LogP contribution >= 0.6 is 11.6 Å². The molecule has 0 fully saturated rings. The lowest BCUT2D eigenvalue weighted by Crippen LogP contribution is -2.21. The maximum absolute atomic E-state index is 6.07. The number of benzene rings is 3. The predicted molar refractivity (Wildman–Crippen MR) is 97.7 cm³/mol. The quantitative estimate of drug-likeness (QED) is 0.533. The van der Waals surface area contributed by atoms with E-state index in [1.54, 1.807) is 0 Å². The Morgan fingerprint density at radius 2 is 1.83 bits per heavy atom. The molecule has 3 N–H and O–H groups in total. The van der Waals surface area contributed by atoms with E-state index >= 15 is 0 Å². The molecule has 0 amide bonds. The Labute approximate surface area is 139 Å². The minimum atomic E-state index is 0.382. The molecule has 0 aliphatic heterocycles. The highest BCUT2D eigenvalue weighted by Crippen LogP contribution is 2.36. The number of nitrogens with two attached hydrogens (primary N) is 1. The van der Waals surface area contributed by atoms with Gasteiger partial charge in [-0.05, 0) is 65.1 Å². The molecule has 3 nitrogen and oxygen atoms in total. The first-order chi connectivity index (χ1) is 11.2. The number of aliphatic imine (C=N–C) groups is 1. The van der Waals surface area contributed by atoms with Crippen LogP contribution in [-0.2, 0) is 12.8 Å².